The summed E-state index contributed by atoms with van der Waals surface area (Å²) >= 11 is 0. The molecule has 14 heteroatoms. The summed E-state index contributed by atoms with van der Waals surface area (Å²) in [5.74, 6) is -0.510. The van der Waals surface area contributed by atoms with Gasteiger partial charge in [-0.2, -0.15) is 13.2 Å². The molecule has 1 fully saturated rings. The number of rotatable bonds is 20. The standard InChI is InChI=1S/C35H55F3N4O6S/c1-6-13-29(34(46)40-30(22-27-16-11-8-12-17-27)32(44)31(43)20-25(2)3)39-33(45)28(21-26-14-9-7-10-15-26)23-49(47,48)42(5)19-18-41(4)24-35(36,37)38/h1,7,9-10,14-15,25,27-32,43-44H,8,11-13,16-24H2,2-5H3,(H,39,45)(H,40,46)/t28?,29-,30?,31?,32+/m0/s1. The maximum Gasteiger partial charge on any atom is 0.401 e. The van der Waals surface area contributed by atoms with Crippen LogP contribution in [0.4, 0.5) is 13.2 Å². The van der Waals surface area contributed by atoms with Crippen molar-refractivity contribution < 1.29 is 41.4 Å². The van der Waals surface area contributed by atoms with Gasteiger partial charge in [-0.25, -0.2) is 12.7 Å². The molecule has 2 amide bonds. The molecule has 1 aromatic rings. The maximum absolute atomic E-state index is 13.8. The lowest BCUT2D eigenvalue weighted by atomic mass is 9.82. The molecule has 2 rings (SSSR count). The zero-order chi connectivity index (χ0) is 36.8. The van der Waals surface area contributed by atoms with Gasteiger partial charge in [0.2, 0.25) is 21.8 Å². The molecule has 1 aliphatic carbocycles. The van der Waals surface area contributed by atoms with Crippen molar-refractivity contribution in [1.82, 2.24) is 19.8 Å². The number of benzene rings is 1. The molecule has 1 aromatic carbocycles. The Hall–Kier alpha value is -2.70. The lowest BCUT2D eigenvalue weighted by Gasteiger charge is -2.33. The van der Waals surface area contributed by atoms with Crippen LogP contribution in [-0.2, 0) is 26.0 Å². The minimum absolute atomic E-state index is 0.00251. The van der Waals surface area contributed by atoms with Gasteiger partial charge in [0.05, 0.1) is 30.4 Å². The van der Waals surface area contributed by atoms with E-state index in [2.05, 4.69) is 16.6 Å². The average molecular weight is 717 g/mol. The third kappa shape index (κ3) is 15.8. The van der Waals surface area contributed by atoms with E-state index in [1.54, 1.807) is 30.3 Å². The molecule has 49 heavy (non-hydrogen) atoms. The van der Waals surface area contributed by atoms with Crippen LogP contribution in [0.5, 0.6) is 0 Å². The van der Waals surface area contributed by atoms with Gasteiger partial charge in [0.15, 0.2) is 0 Å². The lowest BCUT2D eigenvalue weighted by molar-refractivity contribution is -0.143. The van der Waals surface area contributed by atoms with Gasteiger partial charge in [-0.15, -0.1) is 12.3 Å². The first kappa shape index (κ1) is 42.5. The van der Waals surface area contributed by atoms with E-state index < -0.39 is 70.5 Å². The molecular formula is C35H55F3N4O6S. The van der Waals surface area contributed by atoms with E-state index >= 15 is 0 Å². The van der Waals surface area contributed by atoms with E-state index in [0.717, 1.165) is 41.3 Å². The first-order valence-corrected chi connectivity index (χ1v) is 18.7. The number of likely N-dealkylation sites (N-methyl/N-ethyl adjacent to an activating group) is 2. The topological polar surface area (TPSA) is 139 Å². The molecule has 10 nitrogen and oxygen atoms in total. The number of terminal acetylenes is 1. The Kier molecular flexibility index (Phi) is 17.5. The summed E-state index contributed by atoms with van der Waals surface area (Å²) in [7, 11) is -1.66. The fourth-order valence-electron chi connectivity index (χ4n) is 6.20. The largest absolute Gasteiger partial charge is 0.401 e. The fourth-order valence-corrected chi connectivity index (χ4v) is 7.59. The number of nitrogens with zero attached hydrogens (tertiary/aromatic N) is 2. The van der Waals surface area contributed by atoms with Crippen molar-refractivity contribution in [2.45, 2.75) is 102 Å². The van der Waals surface area contributed by atoms with Gasteiger partial charge in [-0.3, -0.25) is 14.5 Å². The molecule has 278 valence electrons. The van der Waals surface area contributed by atoms with Gasteiger partial charge in [0.1, 0.15) is 12.1 Å². The minimum Gasteiger partial charge on any atom is -0.390 e. The van der Waals surface area contributed by atoms with Gasteiger partial charge in [0.25, 0.3) is 0 Å². The molecule has 3 unspecified atom stereocenters. The number of aliphatic hydroxyl groups excluding tert-OH is 2. The zero-order valence-corrected chi connectivity index (χ0v) is 30.0. The number of halogens is 3. The van der Waals surface area contributed by atoms with Crippen molar-refractivity contribution in [1.29, 1.82) is 0 Å². The highest BCUT2D eigenvalue weighted by atomic mass is 32.2. The second-order valence-corrected chi connectivity index (χ2v) is 16.0. The summed E-state index contributed by atoms with van der Waals surface area (Å²) in [6.07, 6.45) is 4.43. The van der Waals surface area contributed by atoms with Crippen LogP contribution < -0.4 is 10.6 Å². The Labute approximate surface area is 290 Å². The van der Waals surface area contributed by atoms with Crippen molar-refractivity contribution in [3.8, 4) is 12.3 Å². The smallest absolute Gasteiger partial charge is 0.390 e. The molecule has 0 heterocycles. The van der Waals surface area contributed by atoms with Gasteiger partial charge in [-0.1, -0.05) is 76.3 Å². The minimum atomic E-state index is -4.44. The van der Waals surface area contributed by atoms with Crippen LogP contribution in [0.25, 0.3) is 0 Å². The summed E-state index contributed by atoms with van der Waals surface area (Å²) < 4.78 is 66.0. The maximum atomic E-state index is 13.8. The highest BCUT2D eigenvalue weighted by Crippen LogP contribution is 2.29. The Bertz CT molecular complexity index is 1300. The van der Waals surface area contributed by atoms with E-state index in [4.69, 9.17) is 6.42 Å². The van der Waals surface area contributed by atoms with Crippen molar-refractivity contribution in [3.63, 3.8) is 0 Å². The number of hydrogen-bond acceptors (Lipinski definition) is 7. The summed E-state index contributed by atoms with van der Waals surface area (Å²) in [5, 5.41) is 27.4. The predicted octanol–water partition coefficient (Wildman–Crippen LogP) is 3.33. The van der Waals surface area contributed by atoms with Crippen LogP contribution in [-0.4, -0.2) is 110 Å². The third-order valence-electron chi connectivity index (χ3n) is 8.94. The first-order valence-electron chi connectivity index (χ1n) is 17.0. The summed E-state index contributed by atoms with van der Waals surface area (Å²) in [5.41, 5.74) is 0.665. The van der Waals surface area contributed by atoms with E-state index in [9.17, 15) is 41.4 Å². The molecule has 0 bridgehead atoms. The number of carbonyl (C=O) groups excluding carboxylic acids is 2. The lowest BCUT2D eigenvalue weighted by Crippen LogP contribution is -2.56. The number of sulfonamides is 1. The van der Waals surface area contributed by atoms with E-state index in [-0.39, 0.29) is 37.8 Å². The second-order valence-electron chi connectivity index (χ2n) is 13.9. The number of aliphatic hydroxyl groups is 2. The highest BCUT2D eigenvalue weighted by Gasteiger charge is 2.35. The van der Waals surface area contributed by atoms with Crippen LogP contribution >= 0.6 is 0 Å². The quantitative estimate of drug-likeness (QED) is 0.152. The van der Waals surface area contributed by atoms with E-state index in [1.807, 2.05) is 13.8 Å². The molecule has 0 radical (unpaired) electrons. The molecule has 4 N–H and O–H groups in total. The van der Waals surface area contributed by atoms with Crippen molar-refractivity contribution >= 4 is 21.8 Å². The summed E-state index contributed by atoms with van der Waals surface area (Å²) in [6, 6.07) is 6.65. The van der Waals surface area contributed by atoms with Gasteiger partial charge in [-0.05, 0) is 43.7 Å². The number of alkyl halides is 3. The second kappa shape index (κ2) is 20.2. The fraction of sp³-hybridized carbons (Fsp3) is 0.714. The molecule has 0 aliphatic heterocycles. The van der Waals surface area contributed by atoms with E-state index in [0.29, 0.717) is 18.4 Å². The molecular weight excluding hydrogens is 661 g/mol. The number of hydrogen-bond donors (Lipinski definition) is 4. The summed E-state index contributed by atoms with van der Waals surface area (Å²) in [4.78, 5) is 28.4. The van der Waals surface area contributed by atoms with Gasteiger partial charge >= 0.3 is 6.18 Å². The highest BCUT2D eigenvalue weighted by molar-refractivity contribution is 7.89. The Balaban J connectivity index is 2.25. The van der Waals surface area contributed by atoms with Crippen LogP contribution in [0, 0.1) is 30.1 Å². The molecule has 0 saturated heterocycles. The Morgan fingerprint density at radius 1 is 1.02 bits per heavy atom. The summed E-state index contributed by atoms with van der Waals surface area (Å²) in [6.45, 7) is 2.21. The van der Waals surface area contributed by atoms with E-state index in [1.165, 1.54) is 14.1 Å². The third-order valence-corrected chi connectivity index (χ3v) is 10.9. The van der Waals surface area contributed by atoms with Crippen LogP contribution in [0.15, 0.2) is 30.3 Å². The van der Waals surface area contributed by atoms with Gasteiger partial charge in [0, 0.05) is 26.6 Å². The van der Waals surface area contributed by atoms with Gasteiger partial charge < -0.3 is 20.8 Å². The Morgan fingerprint density at radius 2 is 1.65 bits per heavy atom. The number of carbonyl (C=O) groups is 2. The predicted molar refractivity (Wildman–Crippen MR) is 184 cm³/mol. The molecule has 5 atom stereocenters. The molecule has 0 spiro atoms. The van der Waals surface area contributed by atoms with Crippen LogP contribution in [0.2, 0.25) is 0 Å². The Morgan fingerprint density at radius 3 is 2.22 bits per heavy atom. The van der Waals surface area contributed by atoms with Crippen molar-refractivity contribution in [3.05, 3.63) is 35.9 Å². The molecule has 1 aliphatic rings. The zero-order valence-electron chi connectivity index (χ0n) is 29.2. The number of amides is 2. The number of nitrogens with one attached hydrogen (secondary N) is 2. The molecule has 1 saturated carbocycles. The normalized spacial score (nSPS) is 17.7. The molecule has 0 aromatic heterocycles. The van der Waals surface area contributed by atoms with Crippen LogP contribution in [0.3, 0.4) is 0 Å². The van der Waals surface area contributed by atoms with Crippen molar-refractivity contribution in [2.24, 2.45) is 17.8 Å². The first-order chi connectivity index (χ1) is 22.9. The monoisotopic (exact) mass is 716 g/mol. The SMILES string of the molecule is C#CC[C@H](NC(=O)C(Cc1ccccc1)CS(=O)(=O)N(C)CCN(C)CC(F)(F)F)C(=O)NC(CC1CCCCC1)[C@@H](O)C(O)CC(C)C. The van der Waals surface area contributed by atoms with Crippen molar-refractivity contribution in [2.75, 3.05) is 39.5 Å². The van der Waals surface area contributed by atoms with Crippen LogP contribution in [0.1, 0.15) is 70.8 Å². The average Bonchev–Trinajstić information content (AvgIpc) is 3.02.